The summed E-state index contributed by atoms with van der Waals surface area (Å²) in [5.41, 5.74) is 2.38. The van der Waals surface area contributed by atoms with Gasteiger partial charge in [0.05, 0.1) is 0 Å². The van der Waals surface area contributed by atoms with Gasteiger partial charge in [0.2, 0.25) is 0 Å². The maximum atomic E-state index is 4.27. The van der Waals surface area contributed by atoms with Crippen molar-refractivity contribution in [1.29, 1.82) is 0 Å². The summed E-state index contributed by atoms with van der Waals surface area (Å²) in [6, 6.07) is 18.6. The Morgan fingerprint density at radius 2 is 1.79 bits per heavy atom. The Balaban J connectivity index is 1.84. The molecule has 19 heavy (non-hydrogen) atoms. The third-order valence-electron chi connectivity index (χ3n) is 2.62. The van der Waals surface area contributed by atoms with Crippen molar-refractivity contribution in [3.05, 3.63) is 60.2 Å². The summed E-state index contributed by atoms with van der Waals surface area (Å²) >= 11 is 3.28. The number of aromatic nitrogens is 2. The van der Waals surface area contributed by atoms with Gasteiger partial charge in [0.25, 0.3) is 0 Å². The summed E-state index contributed by atoms with van der Waals surface area (Å²) in [6.45, 7) is 2.09. The van der Waals surface area contributed by atoms with E-state index in [0.717, 1.165) is 14.9 Å². The summed E-state index contributed by atoms with van der Waals surface area (Å²) in [7, 11) is 0. The van der Waals surface area contributed by atoms with E-state index in [1.165, 1.54) is 10.5 Å². The first-order valence-electron chi connectivity index (χ1n) is 5.95. The van der Waals surface area contributed by atoms with Gasteiger partial charge in [0, 0.05) is 10.5 Å². The van der Waals surface area contributed by atoms with Crippen molar-refractivity contribution in [3.8, 4) is 10.6 Å². The van der Waals surface area contributed by atoms with Crippen LogP contribution in [0, 0.1) is 6.92 Å². The van der Waals surface area contributed by atoms with Crippen molar-refractivity contribution in [2.45, 2.75) is 16.2 Å². The number of hydrogen-bond acceptors (Lipinski definition) is 4. The average Bonchev–Trinajstić information content (AvgIpc) is 2.88. The van der Waals surface area contributed by atoms with Crippen LogP contribution in [0.1, 0.15) is 5.56 Å². The maximum absolute atomic E-state index is 4.27. The Kier molecular flexibility index (Phi) is 3.62. The Morgan fingerprint density at radius 1 is 0.947 bits per heavy atom. The fourth-order valence-corrected chi connectivity index (χ4v) is 3.58. The van der Waals surface area contributed by atoms with E-state index in [2.05, 4.69) is 53.5 Å². The molecule has 0 aliphatic carbocycles. The number of benzene rings is 2. The quantitative estimate of drug-likeness (QED) is 0.699. The van der Waals surface area contributed by atoms with Gasteiger partial charge in [-0.1, -0.05) is 65.1 Å². The monoisotopic (exact) mass is 284 g/mol. The lowest BCUT2D eigenvalue weighted by molar-refractivity contribution is 1.01. The zero-order valence-electron chi connectivity index (χ0n) is 10.4. The summed E-state index contributed by atoms with van der Waals surface area (Å²) in [6.07, 6.45) is 0. The van der Waals surface area contributed by atoms with Crippen LogP contribution in [0.25, 0.3) is 10.6 Å². The van der Waals surface area contributed by atoms with E-state index < -0.39 is 0 Å². The summed E-state index contributed by atoms with van der Waals surface area (Å²) in [5.74, 6) is 0. The molecule has 4 heteroatoms. The van der Waals surface area contributed by atoms with Gasteiger partial charge in [-0.2, -0.15) is 0 Å². The second-order valence-corrected chi connectivity index (χ2v) is 6.46. The van der Waals surface area contributed by atoms with Crippen LogP contribution in [-0.4, -0.2) is 10.2 Å². The van der Waals surface area contributed by atoms with Crippen LogP contribution >= 0.6 is 23.1 Å². The molecule has 2 aromatic carbocycles. The number of aryl methyl sites for hydroxylation is 1. The Hall–Kier alpha value is -1.65. The van der Waals surface area contributed by atoms with E-state index >= 15 is 0 Å². The van der Waals surface area contributed by atoms with Gasteiger partial charge >= 0.3 is 0 Å². The molecule has 0 amide bonds. The van der Waals surface area contributed by atoms with Crippen LogP contribution < -0.4 is 0 Å². The van der Waals surface area contributed by atoms with E-state index in [9.17, 15) is 0 Å². The van der Waals surface area contributed by atoms with Crippen LogP contribution in [0.3, 0.4) is 0 Å². The lowest BCUT2D eigenvalue weighted by Crippen LogP contribution is -1.78. The predicted octanol–water partition coefficient (Wildman–Crippen LogP) is 4.66. The van der Waals surface area contributed by atoms with Crippen molar-refractivity contribution in [2.75, 3.05) is 0 Å². The highest BCUT2D eigenvalue weighted by Crippen LogP contribution is 2.33. The highest BCUT2D eigenvalue weighted by Gasteiger charge is 2.07. The molecule has 3 aromatic rings. The molecule has 94 valence electrons. The molecule has 2 nitrogen and oxygen atoms in total. The molecule has 3 rings (SSSR count). The molecule has 0 saturated carbocycles. The van der Waals surface area contributed by atoms with Gasteiger partial charge in [0.15, 0.2) is 4.34 Å². The second-order valence-electron chi connectivity index (χ2n) is 4.16. The van der Waals surface area contributed by atoms with Crippen molar-refractivity contribution in [2.24, 2.45) is 0 Å². The van der Waals surface area contributed by atoms with E-state index in [0.29, 0.717) is 0 Å². The largest absolute Gasteiger partial charge is 0.179 e. The highest BCUT2D eigenvalue weighted by atomic mass is 32.2. The van der Waals surface area contributed by atoms with Gasteiger partial charge < -0.3 is 0 Å². The third-order valence-corrected chi connectivity index (χ3v) is 4.65. The molecule has 0 N–H and O–H groups in total. The molecule has 0 fully saturated rings. The van der Waals surface area contributed by atoms with E-state index in [-0.39, 0.29) is 0 Å². The minimum atomic E-state index is 0.974. The SMILES string of the molecule is Cc1cccc(-c2nnc(Sc3ccccc3)s2)c1. The first-order valence-corrected chi connectivity index (χ1v) is 7.58. The molecule has 1 aromatic heterocycles. The fraction of sp³-hybridized carbons (Fsp3) is 0.0667. The molecule has 0 spiro atoms. The standard InChI is InChI=1S/C15H12N2S2/c1-11-6-5-7-12(10-11)14-16-17-15(19-14)18-13-8-3-2-4-9-13/h2-10H,1H3. The molecular formula is C15H12N2S2. The van der Waals surface area contributed by atoms with Crippen LogP contribution in [0.15, 0.2) is 63.8 Å². The molecular weight excluding hydrogens is 272 g/mol. The van der Waals surface area contributed by atoms with Crippen molar-refractivity contribution < 1.29 is 0 Å². The van der Waals surface area contributed by atoms with Crippen molar-refractivity contribution >= 4 is 23.1 Å². The Bertz CT molecular complexity index is 677. The van der Waals surface area contributed by atoms with Crippen molar-refractivity contribution in [3.63, 3.8) is 0 Å². The lowest BCUT2D eigenvalue weighted by atomic mass is 10.1. The summed E-state index contributed by atoms with van der Waals surface area (Å²) < 4.78 is 0.975. The minimum absolute atomic E-state index is 0.974. The van der Waals surface area contributed by atoms with Crippen molar-refractivity contribution in [1.82, 2.24) is 10.2 Å². The molecule has 0 radical (unpaired) electrons. The van der Waals surface area contributed by atoms with Crippen LogP contribution in [0.4, 0.5) is 0 Å². The van der Waals surface area contributed by atoms with Crippen LogP contribution in [-0.2, 0) is 0 Å². The zero-order chi connectivity index (χ0) is 13.1. The lowest BCUT2D eigenvalue weighted by Gasteiger charge is -1.96. The Morgan fingerprint density at radius 3 is 2.58 bits per heavy atom. The predicted molar refractivity (Wildman–Crippen MR) is 80.6 cm³/mol. The fourth-order valence-electron chi connectivity index (χ4n) is 1.74. The second kappa shape index (κ2) is 5.55. The molecule has 0 bridgehead atoms. The smallest absolute Gasteiger partial charge is 0.137 e. The van der Waals surface area contributed by atoms with Gasteiger partial charge in [-0.3, -0.25) is 0 Å². The maximum Gasteiger partial charge on any atom is 0.179 e. The topological polar surface area (TPSA) is 25.8 Å². The minimum Gasteiger partial charge on any atom is -0.137 e. The van der Waals surface area contributed by atoms with Gasteiger partial charge in [-0.05, 0) is 25.1 Å². The molecule has 0 saturated heterocycles. The van der Waals surface area contributed by atoms with E-state index in [1.807, 2.05) is 18.2 Å². The molecule has 0 unspecified atom stereocenters. The number of nitrogens with zero attached hydrogens (tertiary/aromatic N) is 2. The highest BCUT2D eigenvalue weighted by molar-refractivity contribution is 8.01. The third kappa shape index (κ3) is 3.03. The Labute approximate surface area is 120 Å². The van der Waals surface area contributed by atoms with Crippen LogP contribution in [0.5, 0.6) is 0 Å². The molecule has 0 atom stereocenters. The normalized spacial score (nSPS) is 10.6. The molecule has 0 aliphatic heterocycles. The summed E-state index contributed by atoms with van der Waals surface area (Å²) in [5, 5.41) is 9.49. The van der Waals surface area contributed by atoms with Gasteiger partial charge in [0.1, 0.15) is 5.01 Å². The molecule has 0 aliphatic rings. The number of hydrogen-bond donors (Lipinski definition) is 0. The summed E-state index contributed by atoms with van der Waals surface area (Å²) in [4.78, 5) is 1.19. The number of rotatable bonds is 3. The van der Waals surface area contributed by atoms with Gasteiger partial charge in [-0.25, -0.2) is 0 Å². The molecule has 1 heterocycles. The zero-order valence-corrected chi connectivity index (χ0v) is 12.0. The van der Waals surface area contributed by atoms with E-state index in [1.54, 1.807) is 23.1 Å². The van der Waals surface area contributed by atoms with Crippen LogP contribution in [0.2, 0.25) is 0 Å². The average molecular weight is 284 g/mol. The van der Waals surface area contributed by atoms with Gasteiger partial charge in [-0.15, -0.1) is 10.2 Å². The first-order chi connectivity index (χ1) is 9.31. The van der Waals surface area contributed by atoms with E-state index in [4.69, 9.17) is 0 Å². The first kappa shape index (κ1) is 12.4.